The number of nitrogens with one attached hydrogen (secondary N) is 1. The molecule has 0 saturated carbocycles. The highest BCUT2D eigenvalue weighted by molar-refractivity contribution is 7.11. The van der Waals surface area contributed by atoms with Gasteiger partial charge in [0.15, 0.2) is 0 Å². The van der Waals surface area contributed by atoms with Gasteiger partial charge in [0.25, 0.3) is 0 Å². The topological polar surface area (TPSA) is 45.2 Å². The lowest BCUT2D eigenvalue weighted by Gasteiger charge is -2.33. The molecule has 1 aliphatic heterocycles. The molecule has 1 amide bonds. The third kappa shape index (κ3) is 3.79. The van der Waals surface area contributed by atoms with Gasteiger partial charge in [0.2, 0.25) is 5.91 Å². The third-order valence-corrected chi connectivity index (χ3v) is 5.13. The summed E-state index contributed by atoms with van der Waals surface area (Å²) >= 11 is 1.67. The fraction of sp³-hybridized carbons (Fsp3) is 0.733. The van der Waals surface area contributed by atoms with Crippen LogP contribution in [0.2, 0.25) is 0 Å². The zero-order valence-electron chi connectivity index (χ0n) is 12.9. The average Bonchev–Trinajstić information content (AvgIpc) is 2.74. The summed E-state index contributed by atoms with van der Waals surface area (Å²) in [6.07, 6.45) is 1.95. The van der Waals surface area contributed by atoms with Crippen molar-refractivity contribution in [2.45, 2.75) is 53.1 Å². The van der Waals surface area contributed by atoms with Crippen molar-refractivity contribution in [2.24, 2.45) is 5.92 Å². The molecule has 20 heavy (non-hydrogen) atoms. The van der Waals surface area contributed by atoms with Crippen LogP contribution in [0.1, 0.15) is 42.3 Å². The number of carbonyl (C=O) groups excluding carboxylic acids is 1. The zero-order chi connectivity index (χ0) is 14.7. The SMILES string of the molecule is Cc1nc(C)c(CNC(=O)C2CCN(C(C)C)CC2)s1. The molecule has 1 aromatic rings. The summed E-state index contributed by atoms with van der Waals surface area (Å²) < 4.78 is 0. The van der Waals surface area contributed by atoms with Gasteiger partial charge in [-0.25, -0.2) is 4.98 Å². The molecular weight excluding hydrogens is 270 g/mol. The Morgan fingerprint density at radius 3 is 2.55 bits per heavy atom. The first kappa shape index (κ1) is 15.4. The van der Waals surface area contributed by atoms with E-state index in [2.05, 4.69) is 29.0 Å². The molecule has 1 aromatic heterocycles. The van der Waals surface area contributed by atoms with Crippen LogP contribution in [-0.4, -0.2) is 34.9 Å². The molecule has 0 aliphatic carbocycles. The molecule has 0 aromatic carbocycles. The number of hydrogen-bond donors (Lipinski definition) is 1. The van der Waals surface area contributed by atoms with Crippen LogP contribution in [0.5, 0.6) is 0 Å². The van der Waals surface area contributed by atoms with Gasteiger partial charge >= 0.3 is 0 Å². The molecule has 0 radical (unpaired) electrons. The predicted octanol–water partition coefficient (Wildman–Crippen LogP) is 2.50. The van der Waals surface area contributed by atoms with Gasteiger partial charge in [-0.2, -0.15) is 0 Å². The number of aromatic nitrogens is 1. The number of piperidine rings is 1. The Balaban J connectivity index is 1.80. The average molecular weight is 295 g/mol. The number of rotatable bonds is 4. The number of hydrogen-bond acceptors (Lipinski definition) is 4. The summed E-state index contributed by atoms with van der Waals surface area (Å²) in [5.74, 6) is 0.387. The molecule has 0 spiro atoms. The van der Waals surface area contributed by atoms with E-state index in [-0.39, 0.29) is 11.8 Å². The number of likely N-dealkylation sites (tertiary alicyclic amines) is 1. The van der Waals surface area contributed by atoms with Crippen LogP contribution in [0.25, 0.3) is 0 Å². The Bertz CT molecular complexity index is 462. The van der Waals surface area contributed by atoms with Crippen molar-refractivity contribution in [1.82, 2.24) is 15.2 Å². The standard InChI is InChI=1S/C15H25N3OS/c1-10(2)18-7-5-13(6-8-18)15(19)16-9-14-11(3)17-12(4)20-14/h10,13H,5-9H2,1-4H3,(H,16,19). The molecule has 2 rings (SSSR count). The van der Waals surface area contributed by atoms with Crippen molar-refractivity contribution < 1.29 is 4.79 Å². The summed E-state index contributed by atoms with van der Waals surface area (Å²) in [6, 6.07) is 0.585. The molecule has 0 atom stereocenters. The lowest BCUT2D eigenvalue weighted by Crippen LogP contribution is -2.42. The Hall–Kier alpha value is -0.940. The largest absolute Gasteiger partial charge is 0.351 e. The Kier molecular flexibility index (Phi) is 5.16. The van der Waals surface area contributed by atoms with Gasteiger partial charge in [0.05, 0.1) is 17.2 Å². The van der Waals surface area contributed by atoms with Crippen molar-refractivity contribution in [3.63, 3.8) is 0 Å². The highest BCUT2D eigenvalue weighted by Gasteiger charge is 2.25. The maximum atomic E-state index is 12.2. The van der Waals surface area contributed by atoms with E-state index in [4.69, 9.17) is 0 Å². The van der Waals surface area contributed by atoms with Crippen molar-refractivity contribution in [3.05, 3.63) is 15.6 Å². The fourth-order valence-electron chi connectivity index (χ4n) is 2.73. The van der Waals surface area contributed by atoms with E-state index >= 15 is 0 Å². The van der Waals surface area contributed by atoms with Crippen LogP contribution < -0.4 is 5.32 Å². The molecule has 1 aliphatic rings. The number of thiazole rings is 1. The highest BCUT2D eigenvalue weighted by Crippen LogP contribution is 2.20. The molecule has 2 heterocycles. The van der Waals surface area contributed by atoms with Gasteiger partial charge in [0, 0.05) is 16.8 Å². The molecule has 112 valence electrons. The molecule has 5 heteroatoms. The monoisotopic (exact) mass is 295 g/mol. The number of carbonyl (C=O) groups is 1. The molecule has 1 saturated heterocycles. The second-order valence-corrected chi connectivity index (χ2v) is 7.15. The molecule has 1 fully saturated rings. The minimum atomic E-state index is 0.180. The second-order valence-electron chi connectivity index (χ2n) is 5.86. The van der Waals surface area contributed by atoms with Crippen molar-refractivity contribution in [3.8, 4) is 0 Å². The Labute approximate surface area is 125 Å². The van der Waals surface area contributed by atoms with Gasteiger partial charge < -0.3 is 10.2 Å². The third-order valence-electron chi connectivity index (χ3n) is 4.05. The summed E-state index contributed by atoms with van der Waals surface area (Å²) in [6.45, 7) is 11.1. The molecular formula is C15H25N3OS. The number of nitrogens with zero attached hydrogens (tertiary/aromatic N) is 2. The summed E-state index contributed by atoms with van der Waals surface area (Å²) in [4.78, 5) is 20.2. The van der Waals surface area contributed by atoms with E-state index in [0.29, 0.717) is 12.6 Å². The van der Waals surface area contributed by atoms with E-state index < -0.39 is 0 Å². The van der Waals surface area contributed by atoms with Crippen LogP contribution in [0.4, 0.5) is 0 Å². The Morgan fingerprint density at radius 1 is 1.40 bits per heavy atom. The first-order valence-electron chi connectivity index (χ1n) is 7.42. The first-order valence-corrected chi connectivity index (χ1v) is 8.23. The van der Waals surface area contributed by atoms with Gasteiger partial charge in [-0.05, 0) is 53.6 Å². The number of amides is 1. The summed E-state index contributed by atoms with van der Waals surface area (Å²) in [7, 11) is 0. The van der Waals surface area contributed by atoms with Gasteiger partial charge in [0.1, 0.15) is 0 Å². The lowest BCUT2D eigenvalue weighted by molar-refractivity contribution is -0.126. The minimum Gasteiger partial charge on any atom is -0.351 e. The first-order chi connectivity index (χ1) is 9.47. The van der Waals surface area contributed by atoms with Crippen LogP contribution in [0.15, 0.2) is 0 Å². The van der Waals surface area contributed by atoms with Crippen LogP contribution in [-0.2, 0) is 11.3 Å². The zero-order valence-corrected chi connectivity index (χ0v) is 13.7. The second kappa shape index (κ2) is 6.68. The fourth-order valence-corrected chi connectivity index (χ4v) is 3.60. The van der Waals surface area contributed by atoms with Crippen LogP contribution >= 0.6 is 11.3 Å². The normalized spacial score (nSPS) is 17.6. The quantitative estimate of drug-likeness (QED) is 0.928. The van der Waals surface area contributed by atoms with Crippen LogP contribution in [0, 0.1) is 19.8 Å². The van der Waals surface area contributed by atoms with E-state index in [9.17, 15) is 4.79 Å². The maximum Gasteiger partial charge on any atom is 0.223 e. The van der Waals surface area contributed by atoms with Crippen molar-refractivity contribution in [1.29, 1.82) is 0 Å². The molecule has 0 unspecified atom stereocenters. The molecule has 1 N–H and O–H groups in total. The molecule has 4 nitrogen and oxygen atoms in total. The van der Waals surface area contributed by atoms with E-state index in [0.717, 1.165) is 36.6 Å². The number of aryl methyl sites for hydroxylation is 2. The van der Waals surface area contributed by atoms with Gasteiger partial charge in [-0.3, -0.25) is 4.79 Å². The summed E-state index contributed by atoms with van der Waals surface area (Å²) in [5.41, 5.74) is 1.04. The van der Waals surface area contributed by atoms with Gasteiger partial charge in [-0.1, -0.05) is 0 Å². The lowest BCUT2D eigenvalue weighted by atomic mass is 9.95. The van der Waals surface area contributed by atoms with E-state index in [1.165, 1.54) is 4.88 Å². The highest BCUT2D eigenvalue weighted by atomic mass is 32.1. The van der Waals surface area contributed by atoms with Gasteiger partial charge in [-0.15, -0.1) is 11.3 Å². The summed E-state index contributed by atoms with van der Waals surface area (Å²) in [5, 5.41) is 4.15. The minimum absolute atomic E-state index is 0.180. The van der Waals surface area contributed by atoms with Crippen molar-refractivity contribution >= 4 is 17.2 Å². The smallest absolute Gasteiger partial charge is 0.223 e. The van der Waals surface area contributed by atoms with E-state index in [1.807, 2.05) is 13.8 Å². The van der Waals surface area contributed by atoms with Crippen LogP contribution in [0.3, 0.4) is 0 Å². The Morgan fingerprint density at radius 2 is 2.05 bits per heavy atom. The molecule has 0 bridgehead atoms. The predicted molar refractivity (Wildman–Crippen MR) is 82.9 cm³/mol. The maximum absolute atomic E-state index is 12.2. The van der Waals surface area contributed by atoms with E-state index in [1.54, 1.807) is 11.3 Å². The van der Waals surface area contributed by atoms with Crippen molar-refractivity contribution in [2.75, 3.05) is 13.1 Å².